The SMILES string of the molecule is CC(C)(C)n1ncc2c(=O)n3c(nc21)SCC3CC(=O)NCCN1CCOCC1. The maximum absolute atomic E-state index is 13.1. The zero-order valence-corrected chi connectivity index (χ0v) is 18.0. The van der Waals surface area contributed by atoms with Crippen LogP contribution in [0.15, 0.2) is 16.1 Å². The van der Waals surface area contributed by atoms with Crippen molar-refractivity contribution >= 4 is 28.7 Å². The number of morpholine rings is 1. The van der Waals surface area contributed by atoms with E-state index in [2.05, 4.69) is 15.3 Å². The van der Waals surface area contributed by atoms with Crippen molar-refractivity contribution in [3.63, 3.8) is 0 Å². The van der Waals surface area contributed by atoms with E-state index in [-0.39, 0.29) is 29.5 Å². The molecule has 10 heteroatoms. The molecule has 0 saturated carbocycles. The van der Waals surface area contributed by atoms with Crippen LogP contribution in [0.4, 0.5) is 0 Å². The minimum Gasteiger partial charge on any atom is -0.379 e. The molecule has 0 bridgehead atoms. The van der Waals surface area contributed by atoms with Crippen molar-refractivity contribution in [3.05, 3.63) is 16.6 Å². The van der Waals surface area contributed by atoms with E-state index < -0.39 is 0 Å². The van der Waals surface area contributed by atoms with Gasteiger partial charge in [0.1, 0.15) is 5.39 Å². The highest BCUT2D eigenvalue weighted by Gasteiger charge is 2.30. The zero-order chi connectivity index (χ0) is 20.6. The number of hydrogen-bond donors (Lipinski definition) is 1. The number of nitrogens with one attached hydrogen (secondary N) is 1. The fraction of sp³-hybridized carbons (Fsp3) is 0.684. The Morgan fingerprint density at radius 2 is 2.10 bits per heavy atom. The van der Waals surface area contributed by atoms with Crippen LogP contribution in [0.3, 0.4) is 0 Å². The maximum atomic E-state index is 13.1. The van der Waals surface area contributed by atoms with Gasteiger partial charge in [-0.15, -0.1) is 0 Å². The molecule has 0 aliphatic carbocycles. The quantitative estimate of drug-likeness (QED) is 0.716. The molecule has 0 aromatic carbocycles. The predicted octanol–water partition coefficient (Wildman–Crippen LogP) is 0.833. The van der Waals surface area contributed by atoms with E-state index >= 15 is 0 Å². The van der Waals surface area contributed by atoms with Gasteiger partial charge < -0.3 is 10.1 Å². The molecular weight excluding hydrogens is 392 g/mol. The molecule has 1 fully saturated rings. The van der Waals surface area contributed by atoms with Gasteiger partial charge in [0.2, 0.25) is 5.91 Å². The Labute approximate surface area is 173 Å². The van der Waals surface area contributed by atoms with Crippen LogP contribution in [0.25, 0.3) is 11.0 Å². The largest absolute Gasteiger partial charge is 0.379 e. The van der Waals surface area contributed by atoms with Crippen molar-refractivity contribution in [1.29, 1.82) is 0 Å². The van der Waals surface area contributed by atoms with Crippen LogP contribution < -0.4 is 10.9 Å². The molecule has 1 atom stereocenters. The van der Waals surface area contributed by atoms with Crippen molar-refractivity contribution < 1.29 is 9.53 Å². The average Bonchev–Trinajstić information content (AvgIpc) is 3.27. The van der Waals surface area contributed by atoms with Crippen molar-refractivity contribution in [2.24, 2.45) is 0 Å². The lowest BCUT2D eigenvalue weighted by Crippen LogP contribution is -2.41. The van der Waals surface area contributed by atoms with Gasteiger partial charge >= 0.3 is 0 Å². The smallest absolute Gasteiger partial charge is 0.265 e. The normalized spacial score (nSPS) is 20.2. The Morgan fingerprint density at radius 1 is 1.34 bits per heavy atom. The molecule has 1 N–H and O–H groups in total. The monoisotopic (exact) mass is 420 g/mol. The number of nitrogens with zero attached hydrogens (tertiary/aromatic N) is 5. The first-order chi connectivity index (χ1) is 13.8. The Kier molecular flexibility index (Phi) is 5.67. The molecule has 4 heterocycles. The number of hydrogen-bond acceptors (Lipinski definition) is 7. The van der Waals surface area contributed by atoms with Gasteiger partial charge in [-0.2, -0.15) is 5.10 Å². The van der Waals surface area contributed by atoms with E-state index in [1.165, 1.54) is 11.8 Å². The third-order valence-corrected chi connectivity index (χ3v) is 6.38. The summed E-state index contributed by atoms with van der Waals surface area (Å²) in [7, 11) is 0. The van der Waals surface area contributed by atoms with Gasteiger partial charge in [-0.1, -0.05) is 11.8 Å². The highest BCUT2D eigenvalue weighted by molar-refractivity contribution is 7.99. The number of fused-ring (bicyclic) bond motifs is 2. The Hall–Kier alpha value is -1.91. The van der Waals surface area contributed by atoms with Crippen molar-refractivity contribution in [2.75, 3.05) is 45.1 Å². The van der Waals surface area contributed by atoms with Crippen LogP contribution in [0.2, 0.25) is 0 Å². The molecule has 1 unspecified atom stereocenters. The number of carbonyl (C=O) groups is 1. The predicted molar refractivity (Wildman–Crippen MR) is 111 cm³/mol. The summed E-state index contributed by atoms with van der Waals surface area (Å²) in [6.45, 7) is 10.8. The Bertz CT molecular complexity index is 957. The maximum Gasteiger partial charge on any atom is 0.265 e. The van der Waals surface area contributed by atoms with Crippen molar-refractivity contribution in [1.82, 2.24) is 29.5 Å². The molecular formula is C19H28N6O3S. The summed E-state index contributed by atoms with van der Waals surface area (Å²) >= 11 is 1.52. The standard InChI is InChI=1S/C19H28N6O3S/c1-19(2,3)25-16-14(11-21-25)17(27)24-13(12-29-18(24)22-16)10-15(26)20-4-5-23-6-8-28-9-7-23/h11,13H,4-10,12H2,1-3H3,(H,20,26). The van der Waals surface area contributed by atoms with E-state index in [4.69, 9.17) is 9.72 Å². The molecule has 4 rings (SSSR count). The molecule has 1 amide bonds. The summed E-state index contributed by atoms with van der Waals surface area (Å²) in [5, 5.41) is 8.53. The zero-order valence-electron chi connectivity index (χ0n) is 17.2. The third-order valence-electron chi connectivity index (χ3n) is 5.28. The second kappa shape index (κ2) is 8.08. The highest BCUT2D eigenvalue weighted by atomic mass is 32.2. The lowest BCUT2D eigenvalue weighted by atomic mass is 10.1. The average molecular weight is 421 g/mol. The van der Waals surface area contributed by atoms with Gasteiger partial charge in [0.05, 0.1) is 31.0 Å². The molecule has 158 valence electrons. The topological polar surface area (TPSA) is 94.3 Å². The first-order valence-corrected chi connectivity index (χ1v) is 11.0. The minimum atomic E-state index is -0.261. The second-order valence-corrected chi connectivity index (χ2v) is 9.49. The number of amides is 1. The Balaban J connectivity index is 1.44. The van der Waals surface area contributed by atoms with Crippen LogP contribution >= 0.6 is 11.8 Å². The molecule has 2 aromatic rings. The summed E-state index contributed by atoms with van der Waals surface area (Å²) in [5.74, 6) is 0.642. The fourth-order valence-electron chi connectivity index (χ4n) is 3.74. The van der Waals surface area contributed by atoms with Gasteiger partial charge in [0.15, 0.2) is 10.8 Å². The summed E-state index contributed by atoms with van der Waals surface area (Å²) in [6, 6.07) is -0.180. The molecule has 2 aliphatic rings. The lowest BCUT2D eigenvalue weighted by molar-refractivity contribution is -0.121. The Morgan fingerprint density at radius 3 is 2.83 bits per heavy atom. The van der Waals surface area contributed by atoms with Crippen LogP contribution in [0.5, 0.6) is 0 Å². The molecule has 0 radical (unpaired) electrons. The van der Waals surface area contributed by atoms with E-state index in [1.54, 1.807) is 15.4 Å². The molecule has 29 heavy (non-hydrogen) atoms. The van der Waals surface area contributed by atoms with Crippen LogP contribution in [-0.2, 0) is 15.1 Å². The van der Waals surface area contributed by atoms with Gasteiger partial charge in [0, 0.05) is 38.4 Å². The van der Waals surface area contributed by atoms with Crippen LogP contribution in [-0.4, -0.2) is 75.3 Å². The number of ether oxygens (including phenoxy) is 1. The molecule has 0 spiro atoms. The summed E-state index contributed by atoms with van der Waals surface area (Å²) in [4.78, 5) is 32.5. The summed E-state index contributed by atoms with van der Waals surface area (Å²) in [5.41, 5.74) is 0.233. The van der Waals surface area contributed by atoms with Gasteiger partial charge in [0.25, 0.3) is 5.56 Å². The minimum absolute atomic E-state index is 0.0332. The number of aromatic nitrogens is 4. The second-order valence-electron chi connectivity index (χ2n) is 8.51. The van der Waals surface area contributed by atoms with Gasteiger partial charge in [-0.25, -0.2) is 9.67 Å². The molecule has 9 nitrogen and oxygen atoms in total. The van der Waals surface area contributed by atoms with E-state index in [9.17, 15) is 9.59 Å². The van der Waals surface area contributed by atoms with Crippen LogP contribution in [0, 0.1) is 0 Å². The van der Waals surface area contributed by atoms with Gasteiger partial charge in [-0.3, -0.25) is 19.1 Å². The van der Waals surface area contributed by atoms with E-state index in [0.29, 0.717) is 28.5 Å². The molecule has 2 aliphatic heterocycles. The molecule has 1 saturated heterocycles. The number of carbonyl (C=O) groups excluding carboxylic acids is 1. The highest BCUT2D eigenvalue weighted by Crippen LogP contribution is 2.33. The fourth-order valence-corrected chi connectivity index (χ4v) is 4.87. The third kappa shape index (κ3) is 4.19. The van der Waals surface area contributed by atoms with E-state index in [0.717, 1.165) is 32.8 Å². The van der Waals surface area contributed by atoms with Crippen molar-refractivity contribution in [3.8, 4) is 0 Å². The summed E-state index contributed by atoms with van der Waals surface area (Å²) in [6.07, 6.45) is 1.87. The summed E-state index contributed by atoms with van der Waals surface area (Å²) < 4.78 is 8.79. The van der Waals surface area contributed by atoms with E-state index in [1.807, 2.05) is 20.8 Å². The lowest BCUT2D eigenvalue weighted by Gasteiger charge is -2.26. The van der Waals surface area contributed by atoms with Crippen LogP contribution in [0.1, 0.15) is 33.2 Å². The number of thioether (sulfide) groups is 1. The first-order valence-electron chi connectivity index (χ1n) is 10.0. The van der Waals surface area contributed by atoms with Crippen molar-refractivity contribution in [2.45, 2.75) is 43.9 Å². The van der Waals surface area contributed by atoms with Gasteiger partial charge in [-0.05, 0) is 20.8 Å². The molecule has 2 aromatic heterocycles. The first kappa shape index (κ1) is 20.4. The number of rotatable bonds is 5.